The van der Waals surface area contributed by atoms with Crippen LogP contribution in [0.5, 0.6) is 0 Å². The maximum Gasteiger partial charge on any atom is 0.0117 e. The lowest BCUT2D eigenvalue weighted by molar-refractivity contribution is 0.799. The lowest BCUT2D eigenvalue weighted by Crippen LogP contribution is -2.04. The lowest BCUT2D eigenvalue weighted by atomic mass is 9.80. The fraction of sp³-hybridized carbons (Fsp3) is 0.0769. The van der Waals surface area contributed by atoms with Crippen LogP contribution < -0.4 is 0 Å². The first kappa shape index (κ1) is 20.3. The van der Waals surface area contributed by atoms with Crippen LogP contribution in [0.3, 0.4) is 0 Å². The van der Waals surface area contributed by atoms with Gasteiger partial charge >= 0.3 is 0 Å². The van der Waals surface area contributed by atoms with E-state index in [0.717, 1.165) is 0 Å². The van der Waals surface area contributed by atoms with E-state index in [1.54, 1.807) is 22.3 Å². The molecule has 2 aliphatic rings. The molecule has 2 bridgehead atoms. The molecule has 39 heavy (non-hydrogen) atoms. The molecule has 0 heteroatoms. The van der Waals surface area contributed by atoms with Crippen LogP contribution in [0.1, 0.15) is 40.5 Å². The summed E-state index contributed by atoms with van der Waals surface area (Å²) < 4.78 is 0. The van der Waals surface area contributed by atoms with Gasteiger partial charge in [-0.3, -0.25) is 0 Å². The summed E-state index contributed by atoms with van der Waals surface area (Å²) in [5.74, 6) is 0.969. The summed E-state index contributed by atoms with van der Waals surface area (Å²) in [7, 11) is 0. The topological polar surface area (TPSA) is 0 Å². The van der Waals surface area contributed by atoms with E-state index < -0.39 is 0 Å². The predicted molar refractivity (Wildman–Crippen MR) is 166 cm³/mol. The number of fused-ring (bicyclic) bond motifs is 16. The molecule has 2 aliphatic carbocycles. The van der Waals surface area contributed by atoms with Crippen molar-refractivity contribution in [2.75, 3.05) is 0 Å². The van der Waals surface area contributed by atoms with Gasteiger partial charge in [-0.1, -0.05) is 72.8 Å². The minimum Gasteiger partial charge on any atom is -0.0616 e. The van der Waals surface area contributed by atoms with Crippen molar-refractivity contribution in [2.45, 2.75) is 18.3 Å². The molecule has 0 amide bonds. The van der Waals surface area contributed by atoms with Crippen molar-refractivity contribution in [1.82, 2.24) is 0 Å². The van der Waals surface area contributed by atoms with Gasteiger partial charge in [-0.05, 0) is 142 Å². The molecule has 0 unspecified atom stereocenters. The van der Waals surface area contributed by atoms with Crippen LogP contribution in [0, 0.1) is 0 Å². The molecule has 10 rings (SSSR count). The van der Waals surface area contributed by atoms with Crippen LogP contribution in [0.2, 0.25) is 0 Å². The van der Waals surface area contributed by atoms with Crippen LogP contribution in [0.15, 0.2) is 121 Å². The Bertz CT molecular complexity index is 2210. The molecule has 0 radical (unpaired) electrons. The Kier molecular flexibility index (Phi) is 3.66. The van der Waals surface area contributed by atoms with E-state index in [4.69, 9.17) is 0 Å². The average molecular weight is 493 g/mol. The summed E-state index contributed by atoms with van der Waals surface area (Å²) in [6.45, 7) is 0. The molecule has 0 aliphatic heterocycles. The molecule has 0 saturated carbocycles. The Morgan fingerprint density at radius 2 is 0.718 bits per heavy atom. The summed E-state index contributed by atoms with van der Waals surface area (Å²) in [4.78, 5) is 0. The Morgan fingerprint density at radius 1 is 0.333 bits per heavy atom. The molecule has 180 valence electrons. The highest BCUT2D eigenvalue weighted by atomic mass is 14.5. The SMILES string of the molecule is c1ccc2cc3cc4c5c(ccc4cc3cc2c1)C1CC5c2c1ccc1cc3cc4ccccc4cc3cc21. The van der Waals surface area contributed by atoms with E-state index in [1.807, 2.05) is 0 Å². The highest BCUT2D eigenvalue weighted by molar-refractivity contribution is 6.08. The molecule has 8 aromatic carbocycles. The number of hydrogen-bond donors (Lipinski definition) is 0. The van der Waals surface area contributed by atoms with Crippen molar-refractivity contribution in [1.29, 1.82) is 0 Å². The van der Waals surface area contributed by atoms with Crippen LogP contribution >= 0.6 is 0 Å². The summed E-state index contributed by atoms with van der Waals surface area (Å²) >= 11 is 0. The third-order valence-corrected chi connectivity index (χ3v) is 9.75. The van der Waals surface area contributed by atoms with Crippen LogP contribution in [-0.2, 0) is 0 Å². The lowest BCUT2D eigenvalue weighted by Gasteiger charge is -2.23. The third-order valence-electron chi connectivity index (χ3n) is 9.75. The standard InChI is InChI=1S/C39H24/c1-3-7-24-15-30-19-34-26(17-28(30)13-22(24)5-1)9-11-32-36-21-37(38(32)34)39-33(36)12-10-27-18-29-14-23-6-2-4-8-25(23)16-31(29)20-35(27)39/h1-20,36-37H,21H2. The van der Waals surface area contributed by atoms with Crippen molar-refractivity contribution in [3.05, 3.63) is 144 Å². The largest absolute Gasteiger partial charge is 0.0616 e. The molecule has 0 spiro atoms. The van der Waals surface area contributed by atoms with E-state index in [0.29, 0.717) is 11.8 Å². The Morgan fingerprint density at radius 3 is 1.15 bits per heavy atom. The quantitative estimate of drug-likeness (QED) is 0.185. The molecule has 0 aromatic heterocycles. The molecule has 0 N–H and O–H groups in total. The molecular weight excluding hydrogens is 468 g/mol. The Labute approximate surface area is 226 Å². The van der Waals surface area contributed by atoms with E-state index in [2.05, 4.69) is 121 Å². The second-order valence-electron chi connectivity index (χ2n) is 11.7. The zero-order valence-corrected chi connectivity index (χ0v) is 21.4. The van der Waals surface area contributed by atoms with Gasteiger partial charge in [0.2, 0.25) is 0 Å². The fourth-order valence-corrected chi connectivity index (χ4v) is 8.03. The van der Waals surface area contributed by atoms with Crippen molar-refractivity contribution >= 4 is 64.6 Å². The number of benzene rings is 8. The first-order chi connectivity index (χ1) is 19.3. The minimum atomic E-state index is 0.461. The first-order valence-corrected chi connectivity index (χ1v) is 14.1. The zero-order chi connectivity index (χ0) is 25.2. The number of rotatable bonds is 0. The summed E-state index contributed by atoms with van der Waals surface area (Å²) in [5.41, 5.74) is 6.25. The highest BCUT2D eigenvalue weighted by Crippen LogP contribution is 2.60. The minimum absolute atomic E-state index is 0.461. The van der Waals surface area contributed by atoms with Gasteiger partial charge in [-0.15, -0.1) is 0 Å². The predicted octanol–water partition coefficient (Wildman–Crippen LogP) is 10.6. The molecule has 0 atom stereocenters. The van der Waals surface area contributed by atoms with E-state index in [9.17, 15) is 0 Å². The van der Waals surface area contributed by atoms with Gasteiger partial charge in [-0.2, -0.15) is 0 Å². The van der Waals surface area contributed by atoms with Gasteiger partial charge in [0.25, 0.3) is 0 Å². The fourth-order valence-electron chi connectivity index (χ4n) is 8.03. The molecule has 0 heterocycles. The van der Waals surface area contributed by atoms with Gasteiger partial charge in [-0.25, -0.2) is 0 Å². The maximum atomic E-state index is 2.48. The van der Waals surface area contributed by atoms with Crippen LogP contribution in [0.25, 0.3) is 64.6 Å². The average Bonchev–Trinajstić information content (AvgIpc) is 3.54. The third kappa shape index (κ3) is 2.64. The Balaban J connectivity index is 1.23. The van der Waals surface area contributed by atoms with Gasteiger partial charge < -0.3 is 0 Å². The van der Waals surface area contributed by atoms with Gasteiger partial charge in [0.05, 0.1) is 0 Å². The summed E-state index contributed by atoms with van der Waals surface area (Å²) in [5, 5.41) is 16.2. The first-order valence-electron chi connectivity index (χ1n) is 14.1. The van der Waals surface area contributed by atoms with Crippen LogP contribution in [-0.4, -0.2) is 0 Å². The highest BCUT2D eigenvalue weighted by Gasteiger charge is 2.43. The second kappa shape index (κ2) is 7.04. The van der Waals surface area contributed by atoms with Crippen molar-refractivity contribution in [2.24, 2.45) is 0 Å². The zero-order valence-electron chi connectivity index (χ0n) is 21.4. The van der Waals surface area contributed by atoms with Crippen molar-refractivity contribution in [3.63, 3.8) is 0 Å². The van der Waals surface area contributed by atoms with Crippen molar-refractivity contribution < 1.29 is 0 Å². The smallest absolute Gasteiger partial charge is 0.0117 e. The molecule has 8 aromatic rings. The van der Waals surface area contributed by atoms with Crippen LogP contribution in [0.4, 0.5) is 0 Å². The number of hydrogen-bond acceptors (Lipinski definition) is 0. The van der Waals surface area contributed by atoms with E-state index in [1.165, 1.54) is 71.1 Å². The summed E-state index contributed by atoms with van der Waals surface area (Å²) in [6.07, 6.45) is 1.20. The molecular formula is C39H24. The summed E-state index contributed by atoms with van der Waals surface area (Å²) in [6, 6.07) is 46.2. The van der Waals surface area contributed by atoms with E-state index >= 15 is 0 Å². The van der Waals surface area contributed by atoms with Gasteiger partial charge in [0.15, 0.2) is 0 Å². The molecule has 0 nitrogen and oxygen atoms in total. The molecule has 0 saturated heterocycles. The maximum absolute atomic E-state index is 2.48. The monoisotopic (exact) mass is 492 g/mol. The Hall–Kier alpha value is -4.68. The van der Waals surface area contributed by atoms with E-state index in [-0.39, 0.29) is 0 Å². The van der Waals surface area contributed by atoms with Gasteiger partial charge in [0.1, 0.15) is 0 Å². The second-order valence-corrected chi connectivity index (χ2v) is 11.7. The molecule has 0 fully saturated rings. The normalized spacial score (nSPS) is 17.6. The van der Waals surface area contributed by atoms with Gasteiger partial charge in [0, 0.05) is 11.8 Å². The van der Waals surface area contributed by atoms with Crippen molar-refractivity contribution in [3.8, 4) is 0 Å².